The first-order chi connectivity index (χ1) is 22.9. The van der Waals surface area contributed by atoms with Crippen molar-refractivity contribution >= 4 is 46.5 Å². The lowest BCUT2D eigenvalue weighted by molar-refractivity contribution is -0.384. The third-order valence-corrected chi connectivity index (χ3v) is 9.08. The largest absolute Gasteiger partial charge is 0.494 e. The van der Waals surface area contributed by atoms with Crippen molar-refractivity contribution in [1.29, 1.82) is 0 Å². The van der Waals surface area contributed by atoms with Gasteiger partial charge in [0, 0.05) is 35.0 Å². The van der Waals surface area contributed by atoms with E-state index in [1.807, 2.05) is 49.4 Å². The zero-order valence-corrected chi connectivity index (χ0v) is 26.9. The number of non-ortho nitro benzene ring substituents is 1. The van der Waals surface area contributed by atoms with Crippen molar-refractivity contribution < 1.29 is 19.2 Å². The van der Waals surface area contributed by atoms with Crippen LogP contribution >= 0.6 is 23.1 Å². The number of thiazole rings is 1. The molecule has 0 saturated carbocycles. The van der Waals surface area contributed by atoms with Crippen molar-refractivity contribution in [2.75, 3.05) is 13.2 Å². The summed E-state index contributed by atoms with van der Waals surface area (Å²) in [4.78, 5) is 53.6. The summed E-state index contributed by atoms with van der Waals surface area (Å²) < 4.78 is 12.9. The maximum atomic E-state index is 14.3. The number of ether oxygens (including phenoxy) is 2. The second kappa shape index (κ2) is 13.9. The number of carbonyl (C=O) groups excluding carboxylic acids is 1. The number of nitro benzene ring substituents is 1. The van der Waals surface area contributed by atoms with E-state index < -0.39 is 22.5 Å². The Hall–Kier alpha value is -5.40. The first-order valence-electron chi connectivity index (χ1n) is 14.6. The van der Waals surface area contributed by atoms with Gasteiger partial charge in [0.1, 0.15) is 5.75 Å². The molecule has 0 aliphatic carbocycles. The second-order valence-electron chi connectivity index (χ2n) is 10.0. The Morgan fingerprint density at radius 1 is 1.02 bits per heavy atom. The number of hydrogen-bond acceptors (Lipinski definition) is 11. The number of aromatic nitrogens is 3. The number of rotatable bonds is 10. The number of esters is 1. The van der Waals surface area contributed by atoms with Gasteiger partial charge in [0.15, 0.2) is 9.96 Å². The van der Waals surface area contributed by atoms with Crippen LogP contribution in [0.25, 0.3) is 11.8 Å². The van der Waals surface area contributed by atoms with Crippen molar-refractivity contribution in [2.45, 2.75) is 29.9 Å². The fraction of sp³-hybridized carbons (Fsp3) is 0.147. The number of nitro groups is 1. The minimum atomic E-state index is -0.880. The third kappa shape index (κ3) is 6.62. The van der Waals surface area contributed by atoms with Crippen LogP contribution in [0.4, 0.5) is 5.69 Å². The summed E-state index contributed by atoms with van der Waals surface area (Å²) >= 11 is 2.35. The van der Waals surface area contributed by atoms with Crippen LogP contribution in [0.5, 0.6) is 5.75 Å². The molecule has 0 fully saturated rings. The maximum absolute atomic E-state index is 14.3. The quantitative estimate of drug-likeness (QED) is 0.0854. The van der Waals surface area contributed by atoms with Gasteiger partial charge < -0.3 is 9.47 Å². The van der Waals surface area contributed by atoms with Crippen LogP contribution in [-0.2, 0) is 9.53 Å². The van der Waals surface area contributed by atoms with E-state index in [2.05, 4.69) is 9.97 Å². The molecule has 5 aromatic rings. The number of nitrogens with zero attached hydrogens (tertiary/aromatic N) is 5. The van der Waals surface area contributed by atoms with E-state index in [4.69, 9.17) is 14.5 Å². The van der Waals surface area contributed by atoms with Gasteiger partial charge in [0.2, 0.25) is 0 Å². The third-order valence-electron chi connectivity index (χ3n) is 7.11. The minimum absolute atomic E-state index is 0.128. The van der Waals surface area contributed by atoms with Gasteiger partial charge in [-0.15, -0.1) is 0 Å². The van der Waals surface area contributed by atoms with Crippen LogP contribution in [0.15, 0.2) is 117 Å². The van der Waals surface area contributed by atoms with Gasteiger partial charge in [-0.2, -0.15) is 0 Å². The highest BCUT2D eigenvalue weighted by Crippen LogP contribution is 2.36. The predicted octanol–water partition coefficient (Wildman–Crippen LogP) is 5.18. The van der Waals surface area contributed by atoms with Gasteiger partial charge in [-0.3, -0.25) is 19.5 Å². The lowest BCUT2D eigenvalue weighted by atomic mass is 9.93. The molecule has 3 heterocycles. The second-order valence-corrected chi connectivity index (χ2v) is 12.1. The van der Waals surface area contributed by atoms with Gasteiger partial charge in [0.05, 0.1) is 40.0 Å². The molecular weight excluding hydrogens is 639 g/mol. The van der Waals surface area contributed by atoms with E-state index in [-0.39, 0.29) is 22.4 Å². The average Bonchev–Trinajstić information content (AvgIpc) is 3.40. The molecule has 6 rings (SSSR count). The van der Waals surface area contributed by atoms with Gasteiger partial charge in [-0.25, -0.2) is 19.8 Å². The average molecular weight is 666 g/mol. The van der Waals surface area contributed by atoms with E-state index in [1.54, 1.807) is 49.7 Å². The van der Waals surface area contributed by atoms with Crippen LogP contribution < -0.4 is 19.6 Å². The number of benzene rings is 3. The van der Waals surface area contributed by atoms with E-state index in [0.29, 0.717) is 49.6 Å². The lowest BCUT2D eigenvalue weighted by Gasteiger charge is -2.26. The highest BCUT2D eigenvalue weighted by molar-refractivity contribution is 7.99. The van der Waals surface area contributed by atoms with Crippen LogP contribution in [0.2, 0.25) is 0 Å². The highest BCUT2D eigenvalue weighted by Gasteiger charge is 2.35. The van der Waals surface area contributed by atoms with Crippen molar-refractivity contribution in [3.63, 3.8) is 0 Å². The summed E-state index contributed by atoms with van der Waals surface area (Å²) in [6.07, 6.45) is 4.81. The van der Waals surface area contributed by atoms with E-state index in [0.717, 1.165) is 11.3 Å². The van der Waals surface area contributed by atoms with Crippen LogP contribution in [0.1, 0.15) is 36.6 Å². The van der Waals surface area contributed by atoms with Gasteiger partial charge in [-0.05, 0) is 67.1 Å². The molecule has 1 aliphatic heterocycles. The molecule has 236 valence electrons. The summed E-state index contributed by atoms with van der Waals surface area (Å²) in [5.41, 5.74) is 1.83. The Morgan fingerprint density at radius 2 is 1.77 bits per heavy atom. The van der Waals surface area contributed by atoms with Crippen molar-refractivity contribution in [2.24, 2.45) is 4.99 Å². The van der Waals surface area contributed by atoms with E-state index in [9.17, 15) is 19.7 Å². The molecule has 0 bridgehead atoms. The fourth-order valence-electron chi connectivity index (χ4n) is 5.10. The normalized spacial score (nSPS) is 14.3. The molecule has 13 heteroatoms. The molecule has 0 spiro atoms. The van der Waals surface area contributed by atoms with Crippen molar-refractivity contribution in [3.05, 3.63) is 143 Å². The van der Waals surface area contributed by atoms with Crippen LogP contribution in [0, 0.1) is 10.1 Å². The first-order valence-corrected chi connectivity index (χ1v) is 16.3. The molecule has 3 aromatic carbocycles. The maximum Gasteiger partial charge on any atom is 0.338 e. The van der Waals surface area contributed by atoms with Crippen molar-refractivity contribution in [1.82, 2.24) is 14.5 Å². The number of fused-ring (bicyclic) bond motifs is 1. The SMILES string of the molecule is CCOC(=O)C1=C(c2ccccc2)N=c2s/c(=C\c3cc([N+](=O)[O-])ccc3Sc3ncccn3)c(=O)n2[C@@H]1c1ccc(OCC)cc1. The predicted molar refractivity (Wildman–Crippen MR) is 178 cm³/mol. The molecule has 0 saturated heterocycles. The highest BCUT2D eigenvalue weighted by atomic mass is 32.2. The summed E-state index contributed by atoms with van der Waals surface area (Å²) in [7, 11) is 0. The Bertz CT molecular complexity index is 2160. The smallest absolute Gasteiger partial charge is 0.338 e. The molecule has 47 heavy (non-hydrogen) atoms. The summed E-state index contributed by atoms with van der Waals surface area (Å²) in [5.74, 6) is 0.0511. The summed E-state index contributed by atoms with van der Waals surface area (Å²) in [6.45, 7) is 4.22. The zero-order valence-electron chi connectivity index (χ0n) is 25.2. The number of hydrogen-bond donors (Lipinski definition) is 0. The van der Waals surface area contributed by atoms with Crippen molar-refractivity contribution in [3.8, 4) is 5.75 Å². The van der Waals surface area contributed by atoms with Crippen LogP contribution in [-0.4, -0.2) is 38.6 Å². The summed E-state index contributed by atoms with van der Waals surface area (Å²) in [5, 5.41) is 12.2. The fourth-order valence-corrected chi connectivity index (χ4v) is 6.89. The molecule has 0 radical (unpaired) electrons. The molecule has 1 atom stereocenters. The number of carbonyl (C=O) groups is 1. The Labute approximate surface area is 276 Å². The Balaban J connectivity index is 1.60. The first kappa shape index (κ1) is 31.6. The zero-order chi connectivity index (χ0) is 32.9. The minimum Gasteiger partial charge on any atom is -0.494 e. The topological polar surface area (TPSA) is 139 Å². The lowest BCUT2D eigenvalue weighted by Crippen LogP contribution is -2.40. The van der Waals surface area contributed by atoms with Gasteiger partial charge >= 0.3 is 5.97 Å². The standard InChI is InChI=1S/C34H27N5O6S2/c1-3-44-25-14-11-22(12-15-25)30-28(32(41)45-4-2)29(21-9-6-5-7-10-21)37-34-38(30)31(40)27(47-34)20-23-19-24(39(42)43)13-16-26(23)46-33-35-17-8-18-36-33/h5-20,30H,3-4H2,1-2H3/b27-20-/t30-/m1/s1. The van der Waals surface area contributed by atoms with Gasteiger partial charge in [-0.1, -0.05) is 53.8 Å². The molecule has 11 nitrogen and oxygen atoms in total. The monoisotopic (exact) mass is 665 g/mol. The molecule has 1 aliphatic rings. The Kier molecular flexibility index (Phi) is 9.36. The molecule has 0 unspecified atom stereocenters. The molecule has 0 amide bonds. The van der Waals surface area contributed by atoms with E-state index in [1.165, 1.54) is 28.5 Å². The molecule has 2 aromatic heterocycles. The Morgan fingerprint density at radius 3 is 2.45 bits per heavy atom. The molecule has 0 N–H and O–H groups in total. The van der Waals surface area contributed by atoms with Gasteiger partial charge in [0.25, 0.3) is 11.2 Å². The molecular formula is C34H27N5O6S2. The van der Waals surface area contributed by atoms with E-state index >= 15 is 0 Å². The van der Waals surface area contributed by atoms with Crippen LogP contribution in [0.3, 0.4) is 0 Å². The summed E-state index contributed by atoms with van der Waals surface area (Å²) in [6, 6.07) is 21.7.